The van der Waals surface area contributed by atoms with Crippen LogP contribution in [0.25, 0.3) is 11.0 Å². The van der Waals surface area contributed by atoms with Gasteiger partial charge in [0.2, 0.25) is 5.91 Å². The predicted octanol–water partition coefficient (Wildman–Crippen LogP) is 4.58. The Kier molecular flexibility index (Phi) is 6.03. The Morgan fingerprint density at radius 1 is 1.03 bits per heavy atom. The minimum Gasteiger partial charge on any atom is -0.478 e. The molecule has 0 radical (unpaired) electrons. The van der Waals surface area contributed by atoms with E-state index >= 15 is 0 Å². The lowest BCUT2D eigenvalue weighted by Gasteiger charge is -2.29. The number of aryl methyl sites for hydroxylation is 1. The number of nitrogens with zero attached hydrogens (tertiary/aromatic N) is 3. The summed E-state index contributed by atoms with van der Waals surface area (Å²) >= 11 is 0. The van der Waals surface area contributed by atoms with E-state index in [4.69, 9.17) is 0 Å². The third-order valence-corrected chi connectivity index (χ3v) is 6.57. The molecule has 4 aromatic rings. The van der Waals surface area contributed by atoms with Crippen molar-refractivity contribution in [3.8, 4) is 0 Å². The highest BCUT2D eigenvalue weighted by Gasteiger charge is 2.27. The minimum absolute atomic E-state index is 0.0754. The second-order valence-corrected chi connectivity index (χ2v) is 8.65. The first-order valence-corrected chi connectivity index (χ1v) is 11.4. The molecule has 0 bridgehead atoms. The van der Waals surface area contributed by atoms with Gasteiger partial charge in [0.1, 0.15) is 17.3 Å². The molecule has 0 saturated heterocycles. The van der Waals surface area contributed by atoms with Crippen molar-refractivity contribution in [3.63, 3.8) is 0 Å². The van der Waals surface area contributed by atoms with E-state index in [9.17, 15) is 23.5 Å². The number of benzene rings is 2. The fraction of sp³-hybridized carbons (Fsp3) is 0.222. The summed E-state index contributed by atoms with van der Waals surface area (Å²) in [6.45, 7) is 1.04. The molecule has 1 N–H and O–H groups in total. The standard InChI is InChI=1S/C27H23F2N3O3/c28-19-9-7-18(23(29)14-19)15-32-24-16-31(13-11-21(24)22-6-3-12-30-26(22)32)25(33)10-8-17-4-1-2-5-20(17)27(34)35/h1-7,9,12,14H,8,10-11,13,15-16H2,(H,34,35). The molecular weight excluding hydrogens is 452 g/mol. The van der Waals surface area contributed by atoms with Crippen molar-refractivity contribution in [2.24, 2.45) is 0 Å². The van der Waals surface area contributed by atoms with Crippen molar-refractivity contribution >= 4 is 22.9 Å². The summed E-state index contributed by atoms with van der Waals surface area (Å²) in [5.41, 5.74) is 3.82. The van der Waals surface area contributed by atoms with Gasteiger partial charge in [-0.15, -0.1) is 0 Å². The first kappa shape index (κ1) is 22.7. The highest BCUT2D eigenvalue weighted by Crippen LogP contribution is 2.31. The fourth-order valence-electron chi connectivity index (χ4n) is 4.81. The number of amides is 1. The molecule has 2 aromatic heterocycles. The van der Waals surface area contributed by atoms with Gasteiger partial charge in [0.15, 0.2) is 0 Å². The molecule has 8 heteroatoms. The van der Waals surface area contributed by atoms with Crippen molar-refractivity contribution in [3.05, 3.63) is 100 Å². The monoisotopic (exact) mass is 475 g/mol. The topological polar surface area (TPSA) is 75.4 Å². The Labute approximate surface area is 200 Å². The number of carbonyl (C=O) groups is 2. The molecule has 1 aliphatic heterocycles. The lowest BCUT2D eigenvalue weighted by molar-refractivity contribution is -0.132. The van der Waals surface area contributed by atoms with Crippen LogP contribution in [-0.4, -0.2) is 38.0 Å². The van der Waals surface area contributed by atoms with Crippen molar-refractivity contribution in [2.45, 2.75) is 32.4 Å². The first-order chi connectivity index (χ1) is 16.9. The van der Waals surface area contributed by atoms with Crippen LogP contribution < -0.4 is 0 Å². The zero-order chi connectivity index (χ0) is 24.5. The van der Waals surface area contributed by atoms with Gasteiger partial charge in [-0.25, -0.2) is 18.6 Å². The van der Waals surface area contributed by atoms with Crippen LogP contribution >= 0.6 is 0 Å². The van der Waals surface area contributed by atoms with Gasteiger partial charge in [0, 0.05) is 41.9 Å². The molecule has 2 aromatic carbocycles. The van der Waals surface area contributed by atoms with Crippen molar-refractivity contribution in [1.29, 1.82) is 0 Å². The Balaban J connectivity index is 1.41. The van der Waals surface area contributed by atoms with E-state index in [0.717, 1.165) is 22.7 Å². The van der Waals surface area contributed by atoms with E-state index in [1.807, 2.05) is 16.7 Å². The van der Waals surface area contributed by atoms with E-state index < -0.39 is 17.6 Å². The van der Waals surface area contributed by atoms with Gasteiger partial charge >= 0.3 is 5.97 Å². The van der Waals surface area contributed by atoms with E-state index in [1.165, 1.54) is 18.2 Å². The number of fused-ring (bicyclic) bond motifs is 3. The van der Waals surface area contributed by atoms with Crippen LogP contribution in [0.2, 0.25) is 0 Å². The summed E-state index contributed by atoms with van der Waals surface area (Å²) in [5, 5.41) is 10.4. The SMILES string of the molecule is O=C(O)c1ccccc1CCC(=O)N1CCc2c(n(Cc3ccc(F)cc3F)c3ncccc23)C1. The van der Waals surface area contributed by atoms with Gasteiger partial charge in [-0.3, -0.25) is 4.79 Å². The molecule has 0 fully saturated rings. The fourth-order valence-corrected chi connectivity index (χ4v) is 4.81. The van der Waals surface area contributed by atoms with Crippen LogP contribution in [-0.2, 0) is 30.7 Å². The van der Waals surface area contributed by atoms with Crippen LogP contribution in [0.3, 0.4) is 0 Å². The quantitative estimate of drug-likeness (QED) is 0.443. The van der Waals surface area contributed by atoms with Gasteiger partial charge < -0.3 is 14.6 Å². The number of aromatic carboxylic acids is 1. The number of hydrogen-bond acceptors (Lipinski definition) is 3. The normalized spacial score (nSPS) is 13.1. The van der Waals surface area contributed by atoms with E-state index in [-0.39, 0.29) is 24.4 Å². The molecule has 0 saturated carbocycles. The number of rotatable bonds is 6. The number of carbonyl (C=O) groups excluding carboxylic acids is 1. The lowest BCUT2D eigenvalue weighted by Crippen LogP contribution is -2.37. The third kappa shape index (κ3) is 4.39. The molecule has 0 aliphatic carbocycles. The van der Waals surface area contributed by atoms with Crippen LogP contribution in [0.4, 0.5) is 8.78 Å². The second-order valence-electron chi connectivity index (χ2n) is 8.65. The van der Waals surface area contributed by atoms with E-state index in [2.05, 4.69) is 4.98 Å². The number of carboxylic acid groups (broad SMARTS) is 1. The van der Waals surface area contributed by atoms with Gasteiger partial charge in [-0.1, -0.05) is 24.3 Å². The Bertz CT molecular complexity index is 1450. The van der Waals surface area contributed by atoms with Gasteiger partial charge in [0.05, 0.1) is 18.7 Å². The average molecular weight is 475 g/mol. The molecule has 3 heterocycles. The summed E-state index contributed by atoms with van der Waals surface area (Å²) in [7, 11) is 0. The Morgan fingerprint density at radius 2 is 1.86 bits per heavy atom. The lowest BCUT2D eigenvalue weighted by atomic mass is 10.0. The van der Waals surface area contributed by atoms with E-state index in [0.29, 0.717) is 42.7 Å². The molecule has 0 spiro atoms. The molecule has 0 atom stereocenters. The molecule has 0 unspecified atom stereocenters. The molecule has 178 valence electrons. The minimum atomic E-state index is -1.01. The van der Waals surface area contributed by atoms with Crippen molar-refractivity contribution in [1.82, 2.24) is 14.5 Å². The number of halogens is 2. The van der Waals surface area contributed by atoms with Crippen molar-refractivity contribution < 1.29 is 23.5 Å². The number of carboxylic acids is 1. The van der Waals surface area contributed by atoms with Crippen LogP contribution in [0.5, 0.6) is 0 Å². The zero-order valence-electron chi connectivity index (χ0n) is 18.9. The maximum absolute atomic E-state index is 14.5. The summed E-state index contributed by atoms with van der Waals surface area (Å²) in [6.07, 6.45) is 2.82. The summed E-state index contributed by atoms with van der Waals surface area (Å²) in [6, 6.07) is 14.0. The summed E-state index contributed by atoms with van der Waals surface area (Å²) < 4.78 is 29.8. The van der Waals surface area contributed by atoms with Crippen LogP contribution in [0, 0.1) is 11.6 Å². The molecule has 6 nitrogen and oxygen atoms in total. The summed E-state index contributed by atoms with van der Waals surface area (Å²) in [5.74, 6) is -2.35. The number of pyridine rings is 1. The first-order valence-electron chi connectivity index (χ1n) is 11.4. The highest BCUT2D eigenvalue weighted by molar-refractivity contribution is 5.89. The third-order valence-electron chi connectivity index (χ3n) is 6.57. The summed E-state index contributed by atoms with van der Waals surface area (Å²) in [4.78, 5) is 30.8. The Morgan fingerprint density at radius 3 is 2.66 bits per heavy atom. The molecule has 1 amide bonds. The van der Waals surface area contributed by atoms with Crippen LogP contribution in [0.15, 0.2) is 60.8 Å². The second kappa shape index (κ2) is 9.29. The average Bonchev–Trinajstić information content (AvgIpc) is 3.17. The number of aromatic nitrogens is 2. The van der Waals surface area contributed by atoms with E-state index in [1.54, 1.807) is 29.3 Å². The zero-order valence-corrected chi connectivity index (χ0v) is 18.9. The van der Waals surface area contributed by atoms with Gasteiger partial charge in [-0.05, 0) is 48.2 Å². The van der Waals surface area contributed by atoms with Gasteiger partial charge in [-0.2, -0.15) is 0 Å². The predicted molar refractivity (Wildman–Crippen MR) is 126 cm³/mol. The molecular formula is C27H23F2N3O3. The van der Waals surface area contributed by atoms with Crippen molar-refractivity contribution in [2.75, 3.05) is 6.54 Å². The molecule has 5 rings (SSSR count). The maximum Gasteiger partial charge on any atom is 0.335 e. The molecule has 35 heavy (non-hydrogen) atoms. The Hall–Kier alpha value is -4.07. The largest absolute Gasteiger partial charge is 0.478 e. The maximum atomic E-state index is 14.5. The van der Waals surface area contributed by atoms with Crippen LogP contribution in [0.1, 0.15) is 39.2 Å². The van der Waals surface area contributed by atoms with Gasteiger partial charge in [0.25, 0.3) is 0 Å². The molecule has 1 aliphatic rings. The smallest absolute Gasteiger partial charge is 0.335 e. The number of hydrogen-bond donors (Lipinski definition) is 1. The highest BCUT2D eigenvalue weighted by atomic mass is 19.1.